The first-order valence-electron chi connectivity index (χ1n) is 9.62. The van der Waals surface area contributed by atoms with Crippen molar-refractivity contribution in [3.63, 3.8) is 0 Å². The Morgan fingerprint density at radius 1 is 1.07 bits per heavy atom. The normalized spacial score (nSPS) is 24.2. The third-order valence-corrected chi connectivity index (χ3v) is 5.29. The Balaban J connectivity index is 1.28. The third-order valence-electron chi connectivity index (χ3n) is 5.29. The second-order valence-electron chi connectivity index (χ2n) is 7.23. The molecule has 1 N–H and O–H groups in total. The molecule has 0 amide bonds. The zero-order valence-corrected chi connectivity index (χ0v) is 15.5. The lowest BCUT2D eigenvalue weighted by Gasteiger charge is -2.33. The number of nitrogens with zero attached hydrogens (tertiary/aromatic N) is 3. The van der Waals surface area contributed by atoms with Crippen LogP contribution in [0.5, 0.6) is 5.75 Å². The van der Waals surface area contributed by atoms with Gasteiger partial charge in [-0.3, -0.25) is 14.8 Å². The van der Waals surface area contributed by atoms with Gasteiger partial charge in [-0.1, -0.05) is 18.2 Å². The molecule has 6 nitrogen and oxygen atoms in total. The highest BCUT2D eigenvalue weighted by Gasteiger charge is 2.35. The number of β-amino-alcohol motifs (C(OH)–C–C–N with tert-alkyl or cyclic N) is 1. The number of hydrogen-bond donors (Lipinski definition) is 1. The lowest BCUT2D eigenvalue weighted by Crippen LogP contribution is -2.48. The van der Waals surface area contributed by atoms with Gasteiger partial charge >= 0.3 is 0 Å². The summed E-state index contributed by atoms with van der Waals surface area (Å²) in [5.74, 6) is 0.844. The van der Waals surface area contributed by atoms with Gasteiger partial charge in [0.1, 0.15) is 12.4 Å². The summed E-state index contributed by atoms with van der Waals surface area (Å²) in [5.41, 5.74) is 2.15. The van der Waals surface area contributed by atoms with Gasteiger partial charge in [-0.15, -0.1) is 0 Å². The molecule has 2 aromatic rings. The molecular weight excluding hydrogens is 342 g/mol. The Hall–Kier alpha value is -1.99. The monoisotopic (exact) mass is 369 g/mol. The number of benzene rings is 1. The highest BCUT2D eigenvalue weighted by molar-refractivity contribution is 5.27. The van der Waals surface area contributed by atoms with E-state index in [0.717, 1.165) is 57.4 Å². The van der Waals surface area contributed by atoms with E-state index < -0.39 is 0 Å². The molecule has 6 heteroatoms. The van der Waals surface area contributed by atoms with Crippen LogP contribution < -0.4 is 4.74 Å². The summed E-state index contributed by atoms with van der Waals surface area (Å²) < 4.78 is 11.2. The van der Waals surface area contributed by atoms with Crippen molar-refractivity contribution in [3.05, 3.63) is 59.9 Å². The maximum absolute atomic E-state index is 10.5. The van der Waals surface area contributed by atoms with E-state index in [1.165, 1.54) is 5.56 Å². The molecule has 1 aromatic carbocycles. The minimum Gasteiger partial charge on any atom is -0.487 e. The average molecular weight is 369 g/mol. The van der Waals surface area contributed by atoms with Gasteiger partial charge in [-0.2, -0.15) is 0 Å². The molecule has 2 fully saturated rings. The fourth-order valence-electron chi connectivity index (χ4n) is 3.83. The molecule has 3 heterocycles. The standard InChI is InChI=1S/C21H27N3O3/c25-21-15-23(14-20(21)24-9-11-26-12-10-24)13-17-4-6-19(7-5-17)27-16-18-3-1-2-8-22-18/h1-8,20-21,25H,9-16H2/t20-,21-/m0/s1. The lowest BCUT2D eigenvalue weighted by molar-refractivity contribution is -0.00618. The molecule has 2 atom stereocenters. The fourth-order valence-corrected chi connectivity index (χ4v) is 3.83. The summed E-state index contributed by atoms with van der Waals surface area (Å²) in [6.45, 7) is 6.30. The molecule has 1 aromatic heterocycles. The molecular formula is C21H27N3O3. The number of ether oxygens (including phenoxy) is 2. The summed E-state index contributed by atoms with van der Waals surface area (Å²) in [4.78, 5) is 8.96. The lowest BCUT2D eigenvalue weighted by atomic mass is 10.1. The van der Waals surface area contributed by atoms with Crippen molar-refractivity contribution in [2.45, 2.75) is 25.3 Å². The Morgan fingerprint density at radius 2 is 1.89 bits per heavy atom. The van der Waals surface area contributed by atoms with Gasteiger partial charge < -0.3 is 14.6 Å². The fraction of sp³-hybridized carbons (Fsp3) is 0.476. The Kier molecular flexibility index (Phi) is 5.99. The van der Waals surface area contributed by atoms with Crippen molar-refractivity contribution in [2.24, 2.45) is 0 Å². The summed E-state index contributed by atoms with van der Waals surface area (Å²) in [6, 6.07) is 14.2. The van der Waals surface area contributed by atoms with Gasteiger partial charge in [0.2, 0.25) is 0 Å². The number of pyridine rings is 1. The number of aromatic nitrogens is 1. The van der Waals surface area contributed by atoms with Crippen LogP contribution in [0, 0.1) is 0 Å². The van der Waals surface area contributed by atoms with Crippen LogP contribution >= 0.6 is 0 Å². The van der Waals surface area contributed by atoms with Crippen LogP contribution in [-0.4, -0.2) is 71.4 Å². The van der Waals surface area contributed by atoms with E-state index in [-0.39, 0.29) is 12.1 Å². The zero-order valence-electron chi connectivity index (χ0n) is 15.5. The smallest absolute Gasteiger partial charge is 0.130 e. The molecule has 4 rings (SSSR count). The molecule has 144 valence electrons. The SMILES string of the molecule is O[C@H]1CN(Cc2ccc(OCc3ccccn3)cc2)C[C@@H]1N1CCOCC1. The van der Waals surface area contributed by atoms with Gasteiger partial charge in [-0.25, -0.2) is 0 Å². The van der Waals surface area contributed by atoms with Crippen LogP contribution in [0.25, 0.3) is 0 Å². The molecule has 0 bridgehead atoms. The van der Waals surface area contributed by atoms with Crippen molar-refractivity contribution in [1.29, 1.82) is 0 Å². The van der Waals surface area contributed by atoms with E-state index in [9.17, 15) is 5.11 Å². The van der Waals surface area contributed by atoms with E-state index >= 15 is 0 Å². The quantitative estimate of drug-likeness (QED) is 0.834. The highest BCUT2D eigenvalue weighted by Crippen LogP contribution is 2.21. The van der Waals surface area contributed by atoms with Gasteiger partial charge in [-0.05, 0) is 29.8 Å². The van der Waals surface area contributed by atoms with Crippen molar-refractivity contribution in [1.82, 2.24) is 14.8 Å². The number of likely N-dealkylation sites (tertiary alicyclic amines) is 1. The molecule has 27 heavy (non-hydrogen) atoms. The first-order valence-corrected chi connectivity index (χ1v) is 9.62. The minimum absolute atomic E-state index is 0.217. The van der Waals surface area contributed by atoms with Crippen molar-refractivity contribution in [3.8, 4) is 5.75 Å². The molecule has 2 aliphatic heterocycles. The Labute approximate surface area is 160 Å². The molecule has 0 aliphatic carbocycles. The van der Waals surface area contributed by atoms with Gasteiger partial charge in [0.15, 0.2) is 0 Å². The molecule has 0 spiro atoms. The van der Waals surface area contributed by atoms with Gasteiger partial charge in [0.05, 0.1) is 25.0 Å². The van der Waals surface area contributed by atoms with Crippen LogP contribution in [0.1, 0.15) is 11.3 Å². The summed E-state index contributed by atoms with van der Waals surface area (Å²) >= 11 is 0. The molecule has 2 saturated heterocycles. The number of aliphatic hydroxyl groups is 1. The van der Waals surface area contributed by atoms with Crippen LogP contribution in [-0.2, 0) is 17.9 Å². The first-order chi connectivity index (χ1) is 13.3. The average Bonchev–Trinajstić information content (AvgIpc) is 3.09. The number of morpholine rings is 1. The second kappa shape index (κ2) is 8.80. The van der Waals surface area contributed by atoms with Crippen LogP contribution in [0.3, 0.4) is 0 Å². The molecule has 2 aliphatic rings. The number of rotatable bonds is 6. The van der Waals surface area contributed by atoms with E-state index in [1.54, 1.807) is 6.20 Å². The summed E-state index contributed by atoms with van der Waals surface area (Å²) in [6.07, 6.45) is 1.49. The number of aliphatic hydroxyl groups excluding tert-OH is 1. The van der Waals surface area contributed by atoms with Crippen LogP contribution in [0.15, 0.2) is 48.7 Å². The minimum atomic E-state index is -0.288. The number of hydrogen-bond acceptors (Lipinski definition) is 6. The summed E-state index contributed by atoms with van der Waals surface area (Å²) in [5, 5.41) is 10.5. The summed E-state index contributed by atoms with van der Waals surface area (Å²) in [7, 11) is 0. The third kappa shape index (κ3) is 4.84. The predicted octanol–water partition coefficient (Wildman–Crippen LogP) is 1.54. The topological polar surface area (TPSA) is 58.1 Å². The Morgan fingerprint density at radius 3 is 2.63 bits per heavy atom. The van der Waals surface area contributed by atoms with Crippen molar-refractivity contribution in [2.75, 3.05) is 39.4 Å². The zero-order chi connectivity index (χ0) is 18.5. The predicted molar refractivity (Wildman–Crippen MR) is 102 cm³/mol. The largest absolute Gasteiger partial charge is 0.487 e. The van der Waals surface area contributed by atoms with Crippen molar-refractivity contribution < 1.29 is 14.6 Å². The van der Waals surface area contributed by atoms with Crippen molar-refractivity contribution >= 4 is 0 Å². The molecule has 0 saturated carbocycles. The molecule has 0 unspecified atom stereocenters. The maximum atomic E-state index is 10.5. The van der Waals surface area contributed by atoms with E-state index in [4.69, 9.17) is 9.47 Å². The van der Waals surface area contributed by atoms with E-state index in [0.29, 0.717) is 6.61 Å². The first kappa shape index (κ1) is 18.4. The van der Waals surface area contributed by atoms with Crippen LogP contribution in [0.4, 0.5) is 0 Å². The van der Waals surface area contributed by atoms with Gasteiger partial charge in [0, 0.05) is 45.0 Å². The maximum Gasteiger partial charge on any atom is 0.130 e. The highest BCUT2D eigenvalue weighted by atomic mass is 16.5. The van der Waals surface area contributed by atoms with E-state index in [2.05, 4.69) is 26.9 Å². The molecule has 0 radical (unpaired) electrons. The second-order valence-corrected chi connectivity index (χ2v) is 7.23. The van der Waals surface area contributed by atoms with E-state index in [1.807, 2.05) is 30.3 Å². The van der Waals surface area contributed by atoms with Gasteiger partial charge in [0.25, 0.3) is 0 Å². The Bertz CT molecular complexity index is 704. The van der Waals surface area contributed by atoms with Crippen LogP contribution in [0.2, 0.25) is 0 Å².